The van der Waals surface area contributed by atoms with Crippen LogP contribution in [-0.4, -0.2) is 40.8 Å². The first-order valence-electron chi connectivity index (χ1n) is 6.31. The molecule has 22 heavy (non-hydrogen) atoms. The minimum absolute atomic E-state index is 0.287. The predicted octanol–water partition coefficient (Wildman–Crippen LogP) is 1.56. The van der Waals surface area contributed by atoms with E-state index in [2.05, 4.69) is 0 Å². The molecule has 1 atom stereocenters. The van der Waals surface area contributed by atoms with Crippen molar-refractivity contribution in [3.63, 3.8) is 0 Å². The zero-order valence-electron chi connectivity index (χ0n) is 11.4. The largest absolute Gasteiger partial charge is 0.490 e. The van der Waals surface area contributed by atoms with E-state index in [1.165, 1.54) is 0 Å². The average Bonchev–Trinajstić information content (AvgIpc) is 2.88. The Balaban J connectivity index is 0.000000295. The third-order valence-electron chi connectivity index (χ3n) is 2.74. The van der Waals surface area contributed by atoms with Crippen LogP contribution >= 0.6 is 0 Å². The van der Waals surface area contributed by atoms with E-state index in [0.29, 0.717) is 0 Å². The molecule has 1 saturated heterocycles. The molecule has 122 valence electrons. The van der Waals surface area contributed by atoms with Gasteiger partial charge in [-0.2, -0.15) is 13.2 Å². The zero-order chi connectivity index (χ0) is 16.8. The van der Waals surface area contributed by atoms with Crippen molar-refractivity contribution in [3.8, 4) is 5.75 Å². The van der Waals surface area contributed by atoms with Crippen molar-refractivity contribution in [1.82, 2.24) is 5.06 Å². The highest BCUT2D eigenvalue weighted by molar-refractivity contribution is 5.80. The Morgan fingerprint density at radius 3 is 2.27 bits per heavy atom. The molecule has 0 aliphatic carbocycles. The first-order valence-corrected chi connectivity index (χ1v) is 6.31. The lowest BCUT2D eigenvalue weighted by molar-refractivity contribution is -0.192. The van der Waals surface area contributed by atoms with Gasteiger partial charge in [-0.05, 0) is 25.0 Å². The van der Waals surface area contributed by atoms with Crippen molar-refractivity contribution in [1.29, 1.82) is 0 Å². The van der Waals surface area contributed by atoms with Crippen LogP contribution in [-0.2, 0) is 9.59 Å². The second kappa shape index (κ2) is 7.64. The normalized spacial score (nSPS) is 18.2. The summed E-state index contributed by atoms with van der Waals surface area (Å²) in [6.07, 6.45) is -3.36. The van der Waals surface area contributed by atoms with Gasteiger partial charge in [-0.1, -0.05) is 18.2 Å². The van der Waals surface area contributed by atoms with Gasteiger partial charge in [0.15, 0.2) is 0 Å². The summed E-state index contributed by atoms with van der Waals surface area (Å²) in [7, 11) is 0. The molecule has 1 aromatic carbocycles. The molecule has 2 rings (SSSR count). The third-order valence-corrected chi connectivity index (χ3v) is 2.74. The number of amides is 1. The smallest absolute Gasteiger partial charge is 0.475 e. The molecular formula is C13H15F3N2O4. The van der Waals surface area contributed by atoms with E-state index in [4.69, 9.17) is 20.5 Å². The summed E-state index contributed by atoms with van der Waals surface area (Å²) < 4.78 is 31.7. The van der Waals surface area contributed by atoms with E-state index in [0.717, 1.165) is 25.1 Å². The number of benzene rings is 1. The van der Waals surface area contributed by atoms with E-state index in [9.17, 15) is 18.0 Å². The van der Waals surface area contributed by atoms with Crippen molar-refractivity contribution in [2.24, 2.45) is 5.73 Å². The molecular weight excluding hydrogens is 305 g/mol. The molecule has 1 aromatic rings. The van der Waals surface area contributed by atoms with Crippen LogP contribution in [0.1, 0.15) is 12.8 Å². The van der Waals surface area contributed by atoms with E-state index in [-0.39, 0.29) is 11.9 Å². The van der Waals surface area contributed by atoms with E-state index >= 15 is 0 Å². The number of nitrogens with zero attached hydrogens (tertiary/aromatic N) is 1. The van der Waals surface area contributed by atoms with Gasteiger partial charge in [-0.3, -0.25) is 4.79 Å². The molecule has 1 aliphatic heterocycles. The quantitative estimate of drug-likeness (QED) is 0.882. The molecule has 6 nitrogen and oxygen atoms in total. The Kier molecular flexibility index (Phi) is 6.17. The molecule has 1 heterocycles. The Bertz CT molecular complexity index is 508. The van der Waals surface area contributed by atoms with Crippen LogP contribution in [0.15, 0.2) is 30.3 Å². The second-order valence-corrected chi connectivity index (χ2v) is 4.41. The molecule has 0 unspecified atom stereocenters. The number of para-hydroxylation sites is 1. The summed E-state index contributed by atoms with van der Waals surface area (Å²) in [6, 6.07) is 9.13. The number of nitrogens with two attached hydrogens (primary N) is 1. The number of hydrogen-bond acceptors (Lipinski definition) is 4. The highest BCUT2D eigenvalue weighted by Gasteiger charge is 2.38. The first-order chi connectivity index (χ1) is 10.2. The van der Waals surface area contributed by atoms with E-state index in [1.807, 2.05) is 30.3 Å². The van der Waals surface area contributed by atoms with Gasteiger partial charge in [-0.25, -0.2) is 4.79 Å². The lowest BCUT2D eigenvalue weighted by Gasteiger charge is -2.21. The summed E-state index contributed by atoms with van der Waals surface area (Å²) in [5.74, 6) is -2.33. The molecule has 0 spiro atoms. The molecule has 3 N–H and O–H groups in total. The van der Waals surface area contributed by atoms with Crippen molar-refractivity contribution in [2.75, 3.05) is 6.54 Å². The maximum absolute atomic E-state index is 11.1. The Morgan fingerprint density at radius 2 is 1.82 bits per heavy atom. The standard InChI is InChI=1S/C11H14N2O2.C2HF3O2/c12-11(14)10-7-4-8-13(10)15-9-5-2-1-3-6-9;3-2(4,5)1(6)7/h1-3,5-6,10H,4,7-8H2,(H2,12,14);(H,6,7)/t10-;/m0./s1. The van der Waals surface area contributed by atoms with Crippen molar-refractivity contribution in [3.05, 3.63) is 30.3 Å². The maximum Gasteiger partial charge on any atom is 0.490 e. The minimum atomic E-state index is -5.08. The molecule has 0 saturated carbocycles. The van der Waals surface area contributed by atoms with Crippen LogP contribution in [0, 0.1) is 0 Å². The van der Waals surface area contributed by atoms with Gasteiger partial charge in [0, 0.05) is 6.54 Å². The van der Waals surface area contributed by atoms with Crippen LogP contribution in [0.3, 0.4) is 0 Å². The van der Waals surface area contributed by atoms with Crippen LogP contribution in [0.4, 0.5) is 13.2 Å². The van der Waals surface area contributed by atoms with Gasteiger partial charge in [0.2, 0.25) is 5.91 Å². The van der Waals surface area contributed by atoms with Gasteiger partial charge < -0.3 is 15.7 Å². The topological polar surface area (TPSA) is 92.9 Å². The molecule has 1 fully saturated rings. The molecule has 0 aromatic heterocycles. The van der Waals surface area contributed by atoms with Gasteiger partial charge in [0.25, 0.3) is 0 Å². The van der Waals surface area contributed by atoms with Crippen molar-refractivity contribution >= 4 is 11.9 Å². The van der Waals surface area contributed by atoms with Crippen molar-refractivity contribution in [2.45, 2.75) is 25.1 Å². The molecule has 1 aliphatic rings. The van der Waals surface area contributed by atoms with Crippen LogP contribution in [0.25, 0.3) is 0 Å². The average molecular weight is 320 g/mol. The summed E-state index contributed by atoms with van der Waals surface area (Å²) in [4.78, 5) is 25.6. The number of carbonyl (C=O) groups excluding carboxylic acids is 1. The number of hydrogen-bond donors (Lipinski definition) is 2. The Labute approximate surface area is 124 Å². The number of halogens is 3. The summed E-state index contributed by atoms with van der Waals surface area (Å²) in [5, 5.41) is 8.79. The van der Waals surface area contributed by atoms with E-state index in [1.54, 1.807) is 5.06 Å². The van der Waals surface area contributed by atoms with Crippen LogP contribution in [0.5, 0.6) is 5.75 Å². The van der Waals surface area contributed by atoms with Gasteiger partial charge in [0.05, 0.1) is 0 Å². The number of carbonyl (C=O) groups is 2. The Morgan fingerprint density at radius 1 is 1.27 bits per heavy atom. The Hall–Kier alpha value is -2.29. The van der Waals surface area contributed by atoms with E-state index < -0.39 is 12.1 Å². The summed E-state index contributed by atoms with van der Waals surface area (Å²) in [5.41, 5.74) is 5.28. The number of hydroxylamine groups is 2. The molecule has 0 radical (unpaired) electrons. The number of carboxylic acids is 1. The number of carboxylic acid groups (broad SMARTS) is 1. The highest BCUT2D eigenvalue weighted by atomic mass is 19.4. The zero-order valence-corrected chi connectivity index (χ0v) is 11.4. The molecule has 1 amide bonds. The second-order valence-electron chi connectivity index (χ2n) is 4.41. The van der Waals surface area contributed by atoms with Crippen LogP contribution < -0.4 is 10.6 Å². The van der Waals surface area contributed by atoms with Gasteiger partial charge in [0.1, 0.15) is 11.8 Å². The fraction of sp³-hybridized carbons (Fsp3) is 0.385. The number of primary amides is 1. The van der Waals surface area contributed by atoms with Crippen LogP contribution in [0.2, 0.25) is 0 Å². The fourth-order valence-corrected chi connectivity index (χ4v) is 1.75. The SMILES string of the molecule is NC(=O)[C@@H]1CCCN1Oc1ccccc1.O=C(O)C(F)(F)F. The van der Waals surface area contributed by atoms with Gasteiger partial charge in [-0.15, -0.1) is 5.06 Å². The fourth-order valence-electron chi connectivity index (χ4n) is 1.75. The molecule has 9 heteroatoms. The monoisotopic (exact) mass is 320 g/mol. The number of aliphatic carboxylic acids is 1. The highest BCUT2D eigenvalue weighted by Crippen LogP contribution is 2.20. The lowest BCUT2D eigenvalue weighted by Crippen LogP contribution is -2.42. The van der Waals surface area contributed by atoms with Crippen molar-refractivity contribution < 1.29 is 32.7 Å². The maximum atomic E-state index is 11.1. The summed E-state index contributed by atoms with van der Waals surface area (Å²) >= 11 is 0. The number of alkyl halides is 3. The molecule has 0 bridgehead atoms. The first kappa shape index (κ1) is 17.8. The minimum Gasteiger partial charge on any atom is -0.475 e. The third kappa shape index (κ3) is 5.60. The lowest BCUT2D eigenvalue weighted by atomic mass is 10.2. The summed E-state index contributed by atoms with van der Waals surface area (Å²) in [6.45, 7) is 0.752. The number of rotatable bonds is 3. The van der Waals surface area contributed by atoms with Gasteiger partial charge >= 0.3 is 12.1 Å². The predicted molar refractivity (Wildman–Crippen MR) is 69.7 cm³/mol.